The van der Waals surface area contributed by atoms with Crippen LogP contribution in [-0.4, -0.2) is 16.8 Å². The van der Waals surface area contributed by atoms with E-state index in [0.717, 1.165) is 26.3 Å². The lowest BCUT2D eigenvalue weighted by Gasteiger charge is -2.09. The maximum Gasteiger partial charge on any atom is 0.292 e. The van der Waals surface area contributed by atoms with Gasteiger partial charge in [-0.05, 0) is 27.6 Å². The number of pyridine rings is 2. The molecule has 2 aromatic heterocycles. The Morgan fingerprint density at radius 3 is 2.85 bits per heavy atom. The summed E-state index contributed by atoms with van der Waals surface area (Å²) < 4.78 is 1.91. The molecule has 0 spiro atoms. The van der Waals surface area contributed by atoms with Gasteiger partial charge in [-0.1, -0.05) is 34.1 Å². The van der Waals surface area contributed by atoms with Crippen LogP contribution in [0.4, 0.5) is 0 Å². The van der Waals surface area contributed by atoms with Crippen molar-refractivity contribution in [2.45, 2.75) is 5.33 Å². The number of alkyl halides is 1. The number of benzene rings is 1. The molecule has 0 saturated carbocycles. The quantitative estimate of drug-likeness (QED) is 0.492. The summed E-state index contributed by atoms with van der Waals surface area (Å²) in [5, 5.41) is 2.18. The summed E-state index contributed by atoms with van der Waals surface area (Å²) in [6.45, 7) is 0. The highest BCUT2D eigenvalue weighted by Crippen LogP contribution is 2.26. The minimum Gasteiger partial charge on any atom is -0.414 e. The Balaban J connectivity index is 2.51. The van der Waals surface area contributed by atoms with Gasteiger partial charge in [0, 0.05) is 10.7 Å². The van der Waals surface area contributed by atoms with Crippen LogP contribution >= 0.6 is 31.9 Å². The highest BCUT2D eigenvalue weighted by atomic mass is 79.9. The van der Waals surface area contributed by atoms with Crippen molar-refractivity contribution >= 4 is 53.7 Å². The topological polar surface area (TPSA) is 44.1 Å². The number of rotatable bonds is 2. The van der Waals surface area contributed by atoms with Crippen LogP contribution in [-0.2, 0) is 5.33 Å². The van der Waals surface area contributed by atoms with Gasteiger partial charge in [0.15, 0.2) is 0 Å². The molecule has 1 aromatic carbocycles. The van der Waals surface area contributed by atoms with E-state index in [4.69, 9.17) is 4.84 Å². The van der Waals surface area contributed by atoms with E-state index >= 15 is 0 Å². The maximum absolute atomic E-state index is 12.3. The van der Waals surface area contributed by atoms with Gasteiger partial charge in [-0.2, -0.15) is 4.73 Å². The van der Waals surface area contributed by atoms with E-state index in [-0.39, 0.29) is 5.56 Å². The number of hydrogen-bond donors (Lipinski definition) is 0. The van der Waals surface area contributed by atoms with Crippen LogP contribution in [0.15, 0.2) is 39.7 Å². The molecule has 0 unspecified atom stereocenters. The summed E-state index contributed by atoms with van der Waals surface area (Å²) in [6, 6.07) is 7.78. The van der Waals surface area contributed by atoms with E-state index < -0.39 is 0 Å². The fraction of sp³-hybridized carbons (Fsp3) is 0.143. The smallest absolute Gasteiger partial charge is 0.292 e. The van der Waals surface area contributed by atoms with Crippen LogP contribution in [0.3, 0.4) is 0 Å². The fourth-order valence-corrected chi connectivity index (χ4v) is 3.13. The van der Waals surface area contributed by atoms with Crippen molar-refractivity contribution in [3.63, 3.8) is 0 Å². The van der Waals surface area contributed by atoms with Crippen LogP contribution < -0.4 is 10.4 Å². The zero-order chi connectivity index (χ0) is 14.3. The Morgan fingerprint density at radius 1 is 1.35 bits per heavy atom. The summed E-state index contributed by atoms with van der Waals surface area (Å²) in [5.41, 5.74) is 2.41. The van der Waals surface area contributed by atoms with Gasteiger partial charge in [0.2, 0.25) is 0 Å². The van der Waals surface area contributed by atoms with Crippen molar-refractivity contribution < 1.29 is 4.84 Å². The Bertz CT molecular complexity index is 874. The molecular formula is C14H10Br2N2O2. The van der Waals surface area contributed by atoms with E-state index in [1.807, 2.05) is 24.3 Å². The van der Waals surface area contributed by atoms with Gasteiger partial charge in [-0.15, -0.1) is 0 Å². The van der Waals surface area contributed by atoms with Crippen molar-refractivity contribution in [1.29, 1.82) is 0 Å². The van der Waals surface area contributed by atoms with Crippen LogP contribution in [0.1, 0.15) is 5.56 Å². The standard InChI is InChI=1S/C14H10Br2N2O2/c1-20-18-7-11(16)13-10(14(18)19)5-8-3-2-4-9(6-15)12(8)17-13/h2-5,7H,6H2,1H3. The number of fused-ring (bicyclic) bond motifs is 2. The fourth-order valence-electron chi connectivity index (χ4n) is 2.19. The number of halogens is 2. The predicted octanol–water partition coefficient (Wildman–Crippen LogP) is 3.27. The molecule has 2 heterocycles. The summed E-state index contributed by atoms with van der Waals surface area (Å²) >= 11 is 6.90. The molecular weight excluding hydrogens is 388 g/mol. The number of nitrogens with zero attached hydrogens (tertiary/aromatic N) is 2. The molecule has 0 radical (unpaired) electrons. The van der Waals surface area contributed by atoms with Gasteiger partial charge in [-0.3, -0.25) is 4.79 Å². The first kappa shape index (κ1) is 13.6. The van der Waals surface area contributed by atoms with Crippen molar-refractivity contribution in [2.75, 3.05) is 7.11 Å². The Kier molecular flexibility index (Phi) is 3.52. The van der Waals surface area contributed by atoms with Crippen LogP contribution in [0.25, 0.3) is 21.8 Å². The van der Waals surface area contributed by atoms with Crippen molar-refractivity contribution in [3.05, 3.63) is 50.9 Å². The molecule has 102 valence electrons. The highest BCUT2D eigenvalue weighted by Gasteiger charge is 2.11. The first-order valence-corrected chi connectivity index (χ1v) is 7.81. The van der Waals surface area contributed by atoms with Gasteiger partial charge < -0.3 is 4.84 Å². The highest BCUT2D eigenvalue weighted by molar-refractivity contribution is 9.10. The van der Waals surface area contributed by atoms with Crippen LogP contribution in [0.2, 0.25) is 0 Å². The van der Waals surface area contributed by atoms with E-state index in [0.29, 0.717) is 10.9 Å². The lowest BCUT2D eigenvalue weighted by Crippen LogP contribution is -2.24. The first-order chi connectivity index (χ1) is 9.65. The molecule has 0 aliphatic heterocycles. The molecule has 0 amide bonds. The molecule has 0 bridgehead atoms. The molecule has 6 heteroatoms. The summed E-state index contributed by atoms with van der Waals surface area (Å²) in [6.07, 6.45) is 1.58. The second kappa shape index (κ2) is 5.18. The van der Waals surface area contributed by atoms with E-state index in [9.17, 15) is 4.79 Å². The third-order valence-electron chi connectivity index (χ3n) is 3.16. The molecule has 3 rings (SSSR count). The van der Waals surface area contributed by atoms with Crippen LogP contribution in [0, 0.1) is 0 Å². The third-order valence-corrected chi connectivity index (χ3v) is 4.34. The molecule has 0 aliphatic rings. The molecule has 0 atom stereocenters. The average Bonchev–Trinajstić information content (AvgIpc) is 2.48. The Hall–Kier alpha value is -1.40. The van der Waals surface area contributed by atoms with Gasteiger partial charge in [-0.25, -0.2) is 4.98 Å². The number of hydrogen-bond acceptors (Lipinski definition) is 3. The van der Waals surface area contributed by atoms with E-state index in [1.165, 1.54) is 11.8 Å². The molecule has 0 saturated heterocycles. The first-order valence-electron chi connectivity index (χ1n) is 5.89. The monoisotopic (exact) mass is 396 g/mol. The minimum atomic E-state index is -0.218. The molecule has 4 nitrogen and oxygen atoms in total. The largest absolute Gasteiger partial charge is 0.414 e. The van der Waals surface area contributed by atoms with Gasteiger partial charge in [0.25, 0.3) is 5.56 Å². The summed E-state index contributed by atoms with van der Waals surface area (Å²) in [5.74, 6) is 0. The molecule has 3 aromatic rings. The van der Waals surface area contributed by atoms with Crippen LogP contribution in [0.5, 0.6) is 0 Å². The lowest BCUT2D eigenvalue weighted by molar-refractivity contribution is 0.158. The normalized spacial score (nSPS) is 11.2. The minimum absolute atomic E-state index is 0.218. The summed E-state index contributed by atoms with van der Waals surface area (Å²) in [7, 11) is 1.46. The molecule has 0 N–H and O–H groups in total. The second-order valence-electron chi connectivity index (χ2n) is 4.30. The van der Waals surface area contributed by atoms with E-state index in [1.54, 1.807) is 6.20 Å². The van der Waals surface area contributed by atoms with Gasteiger partial charge >= 0.3 is 0 Å². The van der Waals surface area contributed by atoms with Crippen molar-refractivity contribution in [3.8, 4) is 0 Å². The lowest BCUT2D eigenvalue weighted by atomic mass is 10.1. The SMILES string of the molecule is COn1cc(Br)c2nc3c(CBr)cccc3cc2c1=O. The number of aromatic nitrogens is 2. The average molecular weight is 398 g/mol. The van der Waals surface area contributed by atoms with Gasteiger partial charge in [0.1, 0.15) is 7.11 Å². The molecule has 20 heavy (non-hydrogen) atoms. The molecule has 0 fully saturated rings. The third kappa shape index (κ3) is 2.03. The maximum atomic E-state index is 12.3. The summed E-state index contributed by atoms with van der Waals surface area (Å²) in [4.78, 5) is 21.9. The second-order valence-corrected chi connectivity index (χ2v) is 5.71. The van der Waals surface area contributed by atoms with Crippen molar-refractivity contribution in [1.82, 2.24) is 9.71 Å². The number of para-hydroxylation sites is 1. The molecule has 0 aliphatic carbocycles. The van der Waals surface area contributed by atoms with Crippen molar-refractivity contribution in [2.24, 2.45) is 0 Å². The van der Waals surface area contributed by atoms with Gasteiger partial charge in [0.05, 0.1) is 27.1 Å². The van der Waals surface area contributed by atoms with E-state index in [2.05, 4.69) is 36.8 Å². The predicted molar refractivity (Wildman–Crippen MR) is 86.3 cm³/mol. The Labute approximate surface area is 131 Å². The zero-order valence-corrected chi connectivity index (χ0v) is 13.7. The zero-order valence-electron chi connectivity index (χ0n) is 10.6. The Morgan fingerprint density at radius 2 is 2.15 bits per heavy atom.